The zero-order valence-electron chi connectivity index (χ0n) is 9.16. The van der Waals surface area contributed by atoms with Gasteiger partial charge in [0.05, 0.1) is 11.8 Å². The van der Waals surface area contributed by atoms with Crippen LogP contribution in [0.25, 0.3) is 0 Å². The number of nitrogens with one attached hydrogen (secondary N) is 1. The molecule has 0 bridgehead atoms. The van der Waals surface area contributed by atoms with Crippen LogP contribution in [0.4, 0.5) is 13.2 Å². The van der Waals surface area contributed by atoms with Gasteiger partial charge in [0, 0.05) is 6.07 Å². The van der Waals surface area contributed by atoms with E-state index in [0.717, 1.165) is 6.07 Å². The number of benzene rings is 1. The molecule has 0 atom stereocenters. The zero-order chi connectivity index (χ0) is 13.2. The Hall–Kier alpha value is -2.11. The SMILES string of the molecule is O=c1cc(Cc2ccccc2C(F)(F)F)cn[nH]1. The van der Waals surface area contributed by atoms with E-state index in [1.54, 1.807) is 0 Å². The minimum Gasteiger partial charge on any atom is -0.268 e. The van der Waals surface area contributed by atoms with Crippen molar-refractivity contribution in [3.05, 3.63) is 63.6 Å². The molecular weight excluding hydrogens is 245 g/mol. The Morgan fingerprint density at radius 2 is 1.94 bits per heavy atom. The average Bonchev–Trinajstić information content (AvgIpc) is 2.28. The Morgan fingerprint density at radius 1 is 1.22 bits per heavy atom. The van der Waals surface area contributed by atoms with E-state index < -0.39 is 17.3 Å². The molecule has 0 unspecified atom stereocenters. The predicted molar refractivity (Wildman–Crippen MR) is 59.1 cm³/mol. The maximum Gasteiger partial charge on any atom is 0.416 e. The van der Waals surface area contributed by atoms with Gasteiger partial charge in [-0.3, -0.25) is 4.79 Å². The van der Waals surface area contributed by atoms with Crippen LogP contribution in [0.2, 0.25) is 0 Å². The fourth-order valence-corrected chi connectivity index (χ4v) is 1.68. The van der Waals surface area contributed by atoms with Crippen molar-refractivity contribution in [2.24, 2.45) is 0 Å². The number of nitrogens with zero attached hydrogens (tertiary/aromatic N) is 1. The second-order valence-corrected chi connectivity index (χ2v) is 3.79. The van der Waals surface area contributed by atoms with Gasteiger partial charge in [-0.1, -0.05) is 18.2 Å². The van der Waals surface area contributed by atoms with Gasteiger partial charge in [-0.25, -0.2) is 5.10 Å². The molecule has 1 heterocycles. The van der Waals surface area contributed by atoms with Crippen molar-refractivity contribution in [1.82, 2.24) is 10.2 Å². The number of hydrogen-bond donors (Lipinski definition) is 1. The number of rotatable bonds is 2. The number of aromatic amines is 1. The Bertz CT molecular complexity index is 605. The monoisotopic (exact) mass is 254 g/mol. The molecule has 0 saturated heterocycles. The number of hydrogen-bond acceptors (Lipinski definition) is 2. The van der Waals surface area contributed by atoms with Gasteiger partial charge in [0.25, 0.3) is 5.56 Å². The quantitative estimate of drug-likeness (QED) is 0.894. The molecule has 0 amide bonds. The minimum atomic E-state index is -4.40. The molecule has 0 spiro atoms. The van der Waals surface area contributed by atoms with E-state index in [9.17, 15) is 18.0 Å². The molecule has 2 rings (SSSR count). The third-order valence-corrected chi connectivity index (χ3v) is 2.44. The maximum absolute atomic E-state index is 12.7. The molecule has 6 heteroatoms. The smallest absolute Gasteiger partial charge is 0.268 e. The molecule has 0 saturated carbocycles. The fraction of sp³-hybridized carbons (Fsp3) is 0.167. The molecule has 1 aromatic carbocycles. The molecular formula is C12H9F3N2O. The van der Waals surface area contributed by atoms with Crippen LogP contribution in [-0.2, 0) is 12.6 Å². The Labute approximate surface area is 100 Å². The highest BCUT2D eigenvalue weighted by Crippen LogP contribution is 2.32. The second kappa shape index (κ2) is 4.64. The first-order valence-corrected chi connectivity index (χ1v) is 5.15. The molecule has 0 aliphatic heterocycles. The van der Waals surface area contributed by atoms with Gasteiger partial charge in [-0.05, 0) is 23.6 Å². The Morgan fingerprint density at radius 3 is 2.61 bits per heavy atom. The van der Waals surface area contributed by atoms with Gasteiger partial charge >= 0.3 is 6.18 Å². The van der Waals surface area contributed by atoms with Crippen molar-refractivity contribution < 1.29 is 13.2 Å². The molecule has 1 aromatic heterocycles. The van der Waals surface area contributed by atoms with E-state index in [4.69, 9.17) is 0 Å². The van der Waals surface area contributed by atoms with E-state index in [1.807, 2.05) is 0 Å². The summed E-state index contributed by atoms with van der Waals surface area (Å²) in [4.78, 5) is 11.0. The molecule has 3 nitrogen and oxygen atoms in total. The maximum atomic E-state index is 12.7. The molecule has 0 radical (unpaired) electrons. The molecule has 1 N–H and O–H groups in total. The van der Waals surface area contributed by atoms with E-state index in [0.29, 0.717) is 5.56 Å². The molecule has 0 aliphatic carbocycles. The topological polar surface area (TPSA) is 45.8 Å². The number of alkyl halides is 3. The van der Waals surface area contributed by atoms with E-state index in [1.165, 1.54) is 30.5 Å². The van der Waals surface area contributed by atoms with E-state index >= 15 is 0 Å². The Balaban J connectivity index is 2.38. The highest BCUT2D eigenvalue weighted by molar-refractivity contribution is 5.33. The summed E-state index contributed by atoms with van der Waals surface area (Å²) in [6.45, 7) is 0. The summed E-state index contributed by atoms with van der Waals surface area (Å²) in [6.07, 6.45) is -3.04. The molecule has 18 heavy (non-hydrogen) atoms. The van der Waals surface area contributed by atoms with Crippen LogP contribution in [0.3, 0.4) is 0 Å². The van der Waals surface area contributed by atoms with Gasteiger partial charge in [-0.15, -0.1) is 0 Å². The van der Waals surface area contributed by atoms with Gasteiger partial charge in [0.15, 0.2) is 0 Å². The van der Waals surface area contributed by atoms with Crippen LogP contribution in [0.15, 0.2) is 41.3 Å². The van der Waals surface area contributed by atoms with Crippen LogP contribution in [0.5, 0.6) is 0 Å². The van der Waals surface area contributed by atoms with Crippen molar-refractivity contribution in [2.45, 2.75) is 12.6 Å². The fourth-order valence-electron chi connectivity index (χ4n) is 1.68. The largest absolute Gasteiger partial charge is 0.416 e. The third kappa shape index (κ3) is 2.77. The van der Waals surface area contributed by atoms with Gasteiger partial charge in [-0.2, -0.15) is 18.3 Å². The highest BCUT2D eigenvalue weighted by Gasteiger charge is 2.32. The van der Waals surface area contributed by atoms with Crippen molar-refractivity contribution in [3.63, 3.8) is 0 Å². The molecule has 0 fully saturated rings. The lowest BCUT2D eigenvalue weighted by atomic mass is 10.0. The first-order chi connectivity index (χ1) is 8.47. The average molecular weight is 254 g/mol. The normalized spacial score (nSPS) is 11.5. The summed E-state index contributed by atoms with van der Waals surface area (Å²) in [7, 11) is 0. The molecule has 0 aliphatic rings. The third-order valence-electron chi connectivity index (χ3n) is 2.44. The van der Waals surface area contributed by atoms with Crippen LogP contribution in [0.1, 0.15) is 16.7 Å². The lowest BCUT2D eigenvalue weighted by Crippen LogP contribution is -2.11. The minimum absolute atomic E-state index is 0.0204. The number of aromatic nitrogens is 2. The number of H-pyrrole nitrogens is 1. The second-order valence-electron chi connectivity index (χ2n) is 3.79. The van der Waals surface area contributed by atoms with Crippen molar-refractivity contribution in [2.75, 3.05) is 0 Å². The molecule has 94 valence electrons. The first kappa shape index (κ1) is 12.3. The number of halogens is 3. The first-order valence-electron chi connectivity index (χ1n) is 5.15. The van der Waals surface area contributed by atoms with Gasteiger partial charge < -0.3 is 0 Å². The van der Waals surface area contributed by atoms with Crippen LogP contribution in [-0.4, -0.2) is 10.2 Å². The van der Waals surface area contributed by atoms with Crippen LogP contribution >= 0.6 is 0 Å². The molecule has 2 aromatic rings. The lowest BCUT2D eigenvalue weighted by molar-refractivity contribution is -0.138. The van der Waals surface area contributed by atoms with E-state index in [-0.39, 0.29) is 12.0 Å². The Kier molecular flexibility index (Phi) is 3.18. The van der Waals surface area contributed by atoms with Gasteiger partial charge in [0.2, 0.25) is 0 Å². The summed E-state index contributed by atoms with van der Waals surface area (Å²) in [5.74, 6) is 0. The van der Waals surface area contributed by atoms with E-state index in [2.05, 4.69) is 10.2 Å². The lowest BCUT2D eigenvalue weighted by Gasteiger charge is -2.12. The summed E-state index contributed by atoms with van der Waals surface area (Å²) < 4.78 is 38.2. The summed E-state index contributed by atoms with van der Waals surface area (Å²) in [5, 5.41) is 5.73. The summed E-state index contributed by atoms with van der Waals surface area (Å²) >= 11 is 0. The predicted octanol–water partition coefficient (Wildman–Crippen LogP) is 2.38. The van der Waals surface area contributed by atoms with Crippen molar-refractivity contribution >= 4 is 0 Å². The van der Waals surface area contributed by atoms with Gasteiger partial charge in [0.1, 0.15) is 0 Å². The zero-order valence-corrected chi connectivity index (χ0v) is 9.16. The standard InChI is InChI=1S/C12H9F3N2O/c13-12(14,15)10-4-2-1-3-9(10)5-8-6-11(18)17-16-7-8/h1-4,6-7H,5H2,(H,17,18). The summed E-state index contributed by atoms with van der Waals surface area (Å²) in [5.41, 5.74) is -0.560. The highest BCUT2D eigenvalue weighted by atomic mass is 19.4. The van der Waals surface area contributed by atoms with Crippen molar-refractivity contribution in [3.8, 4) is 0 Å². The van der Waals surface area contributed by atoms with Crippen LogP contribution < -0.4 is 5.56 Å². The van der Waals surface area contributed by atoms with Crippen LogP contribution in [0, 0.1) is 0 Å². The summed E-state index contributed by atoms with van der Waals surface area (Å²) in [6, 6.07) is 6.52. The van der Waals surface area contributed by atoms with Crippen molar-refractivity contribution in [1.29, 1.82) is 0 Å².